The predicted octanol–water partition coefficient (Wildman–Crippen LogP) is 1.29. The zero-order chi connectivity index (χ0) is 13.7. The Hall–Kier alpha value is -1.62. The minimum absolute atomic E-state index is 0.0354. The Kier molecular flexibility index (Phi) is 4.74. The number of carbonyl (C=O) groups is 1. The van der Waals surface area contributed by atoms with Crippen molar-refractivity contribution in [2.75, 3.05) is 45.1 Å². The van der Waals surface area contributed by atoms with Crippen LogP contribution in [0.25, 0.3) is 0 Å². The van der Waals surface area contributed by atoms with Crippen molar-refractivity contribution in [3.05, 3.63) is 24.0 Å². The molecule has 1 aromatic heterocycles. The highest BCUT2D eigenvalue weighted by molar-refractivity contribution is 5.93. The molecule has 0 radical (unpaired) electrons. The molecule has 1 aromatic rings. The number of hydrogen-bond acceptors (Lipinski definition) is 4. The lowest BCUT2D eigenvalue weighted by molar-refractivity contribution is 0.0632. The normalized spacial score (nSPS) is 16.4. The zero-order valence-electron chi connectivity index (χ0n) is 11.7. The smallest absolute Gasteiger partial charge is 0.272 e. The Morgan fingerprint density at radius 1 is 1.37 bits per heavy atom. The molecule has 1 aliphatic rings. The number of carbonyl (C=O) groups excluding carboxylic acids is 1. The van der Waals surface area contributed by atoms with Crippen LogP contribution in [-0.2, 0) is 0 Å². The minimum Gasteiger partial charge on any atom is -0.388 e. The summed E-state index contributed by atoms with van der Waals surface area (Å²) in [7, 11) is 1.84. The van der Waals surface area contributed by atoms with Crippen LogP contribution >= 0.6 is 0 Å². The number of aromatic nitrogens is 1. The maximum Gasteiger partial charge on any atom is 0.272 e. The van der Waals surface area contributed by atoms with Gasteiger partial charge in [0.05, 0.1) is 0 Å². The highest BCUT2D eigenvalue weighted by Gasteiger charge is 2.22. The van der Waals surface area contributed by atoms with Gasteiger partial charge in [-0.1, -0.05) is 6.92 Å². The third-order valence-corrected chi connectivity index (χ3v) is 3.47. The molecule has 5 nitrogen and oxygen atoms in total. The molecule has 1 fully saturated rings. The highest BCUT2D eigenvalue weighted by atomic mass is 16.2. The lowest BCUT2D eigenvalue weighted by Crippen LogP contribution is -2.48. The summed E-state index contributed by atoms with van der Waals surface area (Å²) in [4.78, 5) is 20.8. The first-order valence-corrected chi connectivity index (χ1v) is 6.90. The molecule has 1 aliphatic heterocycles. The molecule has 0 saturated carbocycles. The summed E-state index contributed by atoms with van der Waals surface area (Å²) in [6, 6.07) is 3.66. The number of nitrogens with one attached hydrogen (secondary N) is 1. The number of piperazine rings is 1. The van der Waals surface area contributed by atoms with Crippen molar-refractivity contribution < 1.29 is 4.79 Å². The van der Waals surface area contributed by atoms with Crippen molar-refractivity contribution in [2.24, 2.45) is 0 Å². The van der Waals surface area contributed by atoms with Crippen molar-refractivity contribution >= 4 is 11.6 Å². The van der Waals surface area contributed by atoms with Crippen molar-refractivity contribution in [1.82, 2.24) is 14.8 Å². The average Bonchev–Trinajstić information content (AvgIpc) is 2.48. The molecule has 2 heterocycles. The standard InChI is InChI=1S/C14H22N4O/c1-3-6-17-7-9-18(10-8-17)14(19)13-11-12(15-2)4-5-16-13/h4-5,11H,3,6-10H2,1-2H3,(H,15,16). The fourth-order valence-corrected chi connectivity index (χ4v) is 2.36. The molecule has 5 heteroatoms. The van der Waals surface area contributed by atoms with Gasteiger partial charge in [-0.2, -0.15) is 0 Å². The third kappa shape index (κ3) is 3.44. The second-order valence-electron chi connectivity index (χ2n) is 4.81. The summed E-state index contributed by atoms with van der Waals surface area (Å²) in [6.45, 7) is 6.82. The van der Waals surface area contributed by atoms with Crippen LogP contribution in [0.5, 0.6) is 0 Å². The van der Waals surface area contributed by atoms with Gasteiger partial charge in [-0.25, -0.2) is 0 Å². The van der Waals surface area contributed by atoms with E-state index in [-0.39, 0.29) is 5.91 Å². The van der Waals surface area contributed by atoms with Gasteiger partial charge >= 0.3 is 0 Å². The van der Waals surface area contributed by atoms with Gasteiger partial charge in [0.25, 0.3) is 5.91 Å². The monoisotopic (exact) mass is 262 g/mol. The molecule has 2 rings (SSSR count). The van der Waals surface area contributed by atoms with E-state index in [2.05, 4.69) is 22.1 Å². The van der Waals surface area contributed by atoms with Gasteiger partial charge in [-0.15, -0.1) is 0 Å². The number of anilines is 1. The van der Waals surface area contributed by atoms with Crippen LogP contribution < -0.4 is 5.32 Å². The SMILES string of the molecule is CCCN1CCN(C(=O)c2cc(NC)ccn2)CC1. The molecule has 1 N–H and O–H groups in total. The Morgan fingerprint density at radius 3 is 2.74 bits per heavy atom. The van der Waals surface area contributed by atoms with E-state index in [9.17, 15) is 4.79 Å². The summed E-state index contributed by atoms with van der Waals surface area (Å²) in [5.74, 6) is 0.0354. The first kappa shape index (κ1) is 13.8. The summed E-state index contributed by atoms with van der Waals surface area (Å²) in [5, 5.41) is 3.03. The van der Waals surface area contributed by atoms with Gasteiger partial charge in [-0.05, 0) is 25.1 Å². The Morgan fingerprint density at radius 2 is 2.11 bits per heavy atom. The molecular formula is C14H22N4O. The van der Waals surface area contributed by atoms with Crippen LogP contribution in [0.1, 0.15) is 23.8 Å². The van der Waals surface area contributed by atoms with Gasteiger partial charge in [-0.3, -0.25) is 14.7 Å². The predicted molar refractivity (Wildman–Crippen MR) is 76.4 cm³/mol. The van der Waals surface area contributed by atoms with Crippen molar-refractivity contribution in [3.8, 4) is 0 Å². The summed E-state index contributed by atoms with van der Waals surface area (Å²) in [5.41, 5.74) is 1.44. The van der Waals surface area contributed by atoms with Crippen molar-refractivity contribution in [2.45, 2.75) is 13.3 Å². The number of rotatable bonds is 4. The molecule has 0 atom stereocenters. The highest BCUT2D eigenvalue weighted by Crippen LogP contribution is 2.11. The lowest BCUT2D eigenvalue weighted by Gasteiger charge is -2.34. The number of nitrogens with zero attached hydrogens (tertiary/aromatic N) is 3. The van der Waals surface area contributed by atoms with Gasteiger partial charge in [0.2, 0.25) is 0 Å². The molecule has 1 saturated heterocycles. The van der Waals surface area contributed by atoms with Crippen LogP contribution in [0.2, 0.25) is 0 Å². The molecule has 19 heavy (non-hydrogen) atoms. The van der Waals surface area contributed by atoms with Crippen LogP contribution in [-0.4, -0.2) is 60.5 Å². The van der Waals surface area contributed by atoms with E-state index >= 15 is 0 Å². The van der Waals surface area contributed by atoms with Gasteiger partial charge in [0.15, 0.2) is 0 Å². The van der Waals surface area contributed by atoms with Gasteiger partial charge in [0.1, 0.15) is 5.69 Å². The Labute approximate surface area is 114 Å². The van der Waals surface area contributed by atoms with E-state index < -0.39 is 0 Å². The van der Waals surface area contributed by atoms with Crippen LogP contribution in [0.3, 0.4) is 0 Å². The second kappa shape index (κ2) is 6.52. The maximum absolute atomic E-state index is 12.3. The van der Waals surface area contributed by atoms with Crippen LogP contribution in [0, 0.1) is 0 Å². The molecule has 0 aliphatic carbocycles. The Balaban J connectivity index is 1.97. The molecule has 104 valence electrons. The molecule has 0 bridgehead atoms. The van der Waals surface area contributed by atoms with E-state index in [1.165, 1.54) is 6.42 Å². The second-order valence-corrected chi connectivity index (χ2v) is 4.81. The minimum atomic E-state index is 0.0354. The third-order valence-electron chi connectivity index (χ3n) is 3.47. The van der Waals surface area contributed by atoms with Gasteiger partial charge in [0, 0.05) is 45.1 Å². The summed E-state index contributed by atoms with van der Waals surface area (Å²) < 4.78 is 0. The van der Waals surface area contributed by atoms with Crippen molar-refractivity contribution in [3.63, 3.8) is 0 Å². The molecule has 0 unspecified atom stereocenters. The van der Waals surface area contributed by atoms with Crippen LogP contribution in [0.4, 0.5) is 5.69 Å². The number of hydrogen-bond donors (Lipinski definition) is 1. The van der Waals surface area contributed by atoms with E-state index in [1.807, 2.05) is 18.0 Å². The van der Waals surface area contributed by atoms with E-state index in [0.717, 1.165) is 38.4 Å². The van der Waals surface area contributed by atoms with E-state index in [4.69, 9.17) is 0 Å². The summed E-state index contributed by atoms with van der Waals surface area (Å²) in [6.07, 6.45) is 2.84. The summed E-state index contributed by atoms with van der Waals surface area (Å²) >= 11 is 0. The van der Waals surface area contributed by atoms with E-state index in [0.29, 0.717) is 5.69 Å². The largest absolute Gasteiger partial charge is 0.388 e. The molecular weight excluding hydrogens is 240 g/mol. The lowest BCUT2D eigenvalue weighted by atomic mass is 10.2. The molecule has 1 amide bonds. The number of amides is 1. The topological polar surface area (TPSA) is 48.5 Å². The van der Waals surface area contributed by atoms with E-state index in [1.54, 1.807) is 12.3 Å². The van der Waals surface area contributed by atoms with Crippen LogP contribution in [0.15, 0.2) is 18.3 Å². The zero-order valence-corrected chi connectivity index (χ0v) is 11.7. The number of pyridine rings is 1. The quantitative estimate of drug-likeness (QED) is 0.888. The van der Waals surface area contributed by atoms with Gasteiger partial charge < -0.3 is 10.2 Å². The molecule has 0 aromatic carbocycles. The first-order chi connectivity index (χ1) is 9.24. The Bertz CT molecular complexity index is 427. The average molecular weight is 262 g/mol. The van der Waals surface area contributed by atoms with Crippen molar-refractivity contribution in [1.29, 1.82) is 0 Å². The first-order valence-electron chi connectivity index (χ1n) is 6.90. The fourth-order valence-electron chi connectivity index (χ4n) is 2.36. The molecule has 0 spiro atoms. The fraction of sp³-hybridized carbons (Fsp3) is 0.571. The maximum atomic E-state index is 12.3.